The number of rotatable bonds is 2. The summed E-state index contributed by atoms with van der Waals surface area (Å²) >= 11 is 3.15. The minimum absolute atomic E-state index is 0.0270. The molecule has 1 aromatic carbocycles. The predicted octanol–water partition coefficient (Wildman–Crippen LogP) is 3.54. The van der Waals surface area contributed by atoms with Crippen molar-refractivity contribution in [2.24, 2.45) is 0 Å². The molecule has 0 atom stereocenters. The normalized spacial score (nSPS) is 10.2. The van der Waals surface area contributed by atoms with Gasteiger partial charge < -0.3 is 5.32 Å². The Labute approximate surface area is 112 Å². The lowest BCUT2D eigenvalue weighted by Gasteiger charge is -2.07. The summed E-state index contributed by atoms with van der Waals surface area (Å²) in [5.74, 6) is -0.706. The SMILES string of the molecule is Cc1cccc(NC(=O)c2c(F)cccc2Br)n1. The molecule has 1 heterocycles. The molecule has 0 spiro atoms. The predicted molar refractivity (Wildman–Crippen MR) is 71.0 cm³/mol. The van der Waals surface area contributed by atoms with Gasteiger partial charge >= 0.3 is 0 Å². The first-order valence-corrected chi connectivity index (χ1v) is 6.06. The van der Waals surface area contributed by atoms with E-state index >= 15 is 0 Å². The van der Waals surface area contributed by atoms with E-state index in [1.54, 1.807) is 18.2 Å². The van der Waals surface area contributed by atoms with Gasteiger partial charge in [0.2, 0.25) is 0 Å². The summed E-state index contributed by atoms with van der Waals surface area (Å²) in [6, 6.07) is 9.62. The van der Waals surface area contributed by atoms with E-state index in [1.165, 1.54) is 12.1 Å². The zero-order chi connectivity index (χ0) is 13.1. The molecule has 2 aromatic rings. The van der Waals surface area contributed by atoms with E-state index in [2.05, 4.69) is 26.2 Å². The van der Waals surface area contributed by atoms with E-state index in [0.717, 1.165) is 5.69 Å². The second kappa shape index (κ2) is 5.27. The van der Waals surface area contributed by atoms with Gasteiger partial charge in [-0.2, -0.15) is 0 Å². The summed E-state index contributed by atoms with van der Waals surface area (Å²) < 4.78 is 14.0. The molecule has 0 aliphatic carbocycles. The molecule has 3 nitrogen and oxygen atoms in total. The van der Waals surface area contributed by atoms with E-state index in [4.69, 9.17) is 0 Å². The molecule has 0 aliphatic heterocycles. The van der Waals surface area contributed by atoms with Gasteiger partial charge in [0.1, 0.15) is 11.6 Å². The fraction of sp³-hybridized carbons (Fsp3) is 0.0769. The van der Waals surface area contributed by atoms with Crippen molar-refractivity contribution in [3.8, 4) is 0 Å². The first-order chi connectivity index (χ1) is 8.58. The summed E-state index contributed by atoms with van der Waals surface area (Å²) in [7, 11) is 0. The molecule has 18 heavy (non-hydrogen) atoms. The summed E-state index contributed by atoms with van der Waals surface area (Å²) in [6.45, 7) is 1.81. The molecule has 0 saturated carbocycles. The Bertz CT molecular complexity index is 581. The van der Waals surface area contributed by atoms with Crippen LogP contribution in [0.2, 0.25) is 0 Å². The number of anilines is 1. The molecule has 0 unspecified atom stereocenters. The van der Waals surface area contributed by atoms with Gasteiger partial charge in [-0.1, -0.05) is 12.1 Å². The number of carbonyl (C=O) groups excluding carboxylic acids is 1. The minimum Gasteiger partial charge on any atom is -0.306 e. The first kappa shape index (κ1) is 12.7. The largest absolute Gasteiger partial charge is 0.306 e. The summed E-state index contributed by atoms with van der Waals surface area (Å²) in [6.07, 6.45) is 0. The number of hydrogen-bond donors (Lipinski definition) is 1. The molecular weight excluding hydrogens is 299 g/mol. The lowest BCUT2D eigenvalue weighted by atomic mass is 10.2. The van der Waals surface area contributed by atoms with Crippen molar-refractivity contribution < 1.29 is 9.18 Å². The number of nitrogens with zero attached hydrogens (tertiary/aromatic N) is 1. The standard InChI is InChI=1S/C13H10BrFN2O/c1-8-4-2-7-11(16-8)17-13(18)12-9(14)5-3-6-10(12)15/h2-7H,1H3,(H,16,17,18). The van der Waals surface area contributed by atoms with Gasteiger partial charge in [0.05, 0.1) is 5.56 Å². The lowest BCUT2D eigenvalue weighted by Crippen LogP contribution is -2.15. The Hall–Kier alpha value is -1.75. The molecule has 0 aliphatic rings. The van der Waals surface area contributed by atoms with Crippen molar-refractivity contribution in [3.63, 3.8) is 0 Å². The third-order valence-corrected chi connectivity index (χ3v) is 2.98. The van der Waals surface area contributed by atoms with Crippen LogP contribution in [-0.2, 0) is 0 Å². The van der Waals surface area contributed by atoms with E-state index in [-0.39, 0.29) is 5.56 Å². The van der Waals surface area contributed by atoms with Gasteiger partial charge in [0.25, 0.3) is 5.91 Å². The van der Waals surface area contributed by atoms with Crippen molar-refractivity contribution in [3.05, 3.63) is 57.9 Å². The molecule has 0 radical (unpaired) electrons. The molecule has 0 saturated heterocycles. The zero-order valence-corrected chi connectivity index (χ0v) is 11.2. The fourth-order valence-corrected chi connectivity index (χ4v) is 2.03. The number of pyridine rings is 1. The van der Waals surface area contributed by atoms with Crippen molar-refractivity contribution in [2.45, 2.75) is 6.92 Å². The average Bonchev–Trinajstić information content (AvgIpc) is 2.28. The lowest BCUT2D eigenvalue weighted by molar-refractivity contribution is 0.102. The van der Waals surface area contributed by atoms with Gasteiger partial charge in [-0.25, -0.2) is 9.37 Å². The van der Waals surface area contributed by atoms with Crippen molar-refractivity contribution in [2.75, 3.05) is 5.32 Å². The van der Waals surface area contributed by atoms with E-state index in [9.17, 15) is 9.18 Å². The second-order valence-electron chi connectivity index (χ2n) is 3.71. The summed E-state index contributed by atoms with van der Waals surface area (Å²) in [5.41, 5.74) is 0.751. The minimum atomic E-state index is -0.575. The molecule has 2 rings (SSSR count). The monoisotopic (exact) mass is 308 g/mol. The van der Waals surface area contributed by atoms with Gasteiger partial charge in [-0.05, 0) is 47.1 Å². The fourth-order valence-electron chi connectivity index (χ4n) is 1.51. The van der Waals surface area contributed by atoms with Crippen LogP contribution in [0.4, 0.5) is 10.2 Å². The number of benzene rings is 1. The van der Waals surface area contributed by atoms with Gasteiger partial charge in [-0.15, -0.1) is 0 Å². The Balaban J connectivity index is 2.28. The molecule has 1 N–H and O–H groups in total. The summed E-state index contributed by atoms with van der Waals surface area (Å²) in [4.78, 5) is 16.1. The number of hydrogen-bond acceptors (Lipinski definition) is 2. The van der Waals surface area contributed by atoms with Crippen LogP contribution >= 0.6 is 15.9 Å². The van der Waals surface area contributed by atoms with Crippen LogP contribution in [0, 0.1) is 12.7 Å². The second-order valence-corrected chi connectivity index (χ2v) is 4.57. The van der Waals surface area contributed by atoms with E-state index < -0.39 is 11.7 Å². The smallest absolute Gasteiger partial charge is 0.260 e. The molecule has 0 bridgehead atoms. The number of carbonyl (C=O) groups is 1. The van der Waals surface area contributed by atoms with E-state index in [0.29, 0.717) is 10.3 Å². The topological polar surface area (TPSA) is 42.0 Å². The van der Waals surface area contributed by atoms with E-state index in [1.807, 2.05) is 13.0 Å². The van der Waals surface area contributed by atoms with Gasteiger partial charge in [-0.3, -0.25) is 4.79 Å². The highest BCUT2D eigenvalue weighted by atomic mass is 79.9. The van der Waals surface area contributed by atoms with Crippen LogP contribution < -0.4 is 5.32 Å². The Morgan fingerprint density at radius 3 is 2.67 bits per heavy atom. The van der Waals surface area contributed by atoms with Crippen LogP contribution in [0.3, 0.4) is 0 Å². The first-order valence-electron chi connectivity index (χ1n) is 5.27. The summed E-state index contributed by atoms with van der Waals surface area (Å²) in [5, 5.41) is 2.56. The zero-order valence-electron chi connectivity index (χ0n) is 9.58. The molecule has 1 aromatic heterocycles. The molecule has 92 valence electrons. The third kappa shape index (κ3) is 2.73. The van der Waals surface area contributed by atoms with Crippen molar-refractivity contribution in [1.29, 1.82) is 0 Å². The molecule has 5 heteroatoms. The molecule has 1 amide bonds. The Kier molecular flexibility index (Phi) is 3.72. The quantitative estimate of drug-likeness (QED) is 0.922. The van der Waals surface area contributed by atoms with Crippen molar-refractivity contribution in [1.82, 2.24) is 4.98 Å². The van der Waals surface area contributed by atoms with Gasteiger partial charge in [0, 0.05) is 10.2 Å². The number of aryl methyl sites for hydroxylation is 1. The third-order valence-electron chi connectivity index (χ3n) is 2.32. The Morgan fingerprint density at radius 2 is 2.00 bits per heavy atom. The maximum Gasteiger partial charge on any atom is 0.260 e. The number of halogens is 2. The number of aromatic nitrogens is 1. The van der Waals surface area contributed by atoms with Crippen LogP contribution in [0.5, 0.6) is 0 Å². The highest BCUT2D eigenvalue weighted by molar-refractivity contribution is 9.10. The average molecular weight is 309 g/mol. The highest BCUT2D eigenvalue weighted by Gasteiger charge is 2.15. The highest BCUT2D eigenvalue weighted by Crippen LogP contribution is 2.20. The van der Waals surface area contributed by atoms with Crippen LogP contribution in [0.1, 0.15) is 16.1 Å². The van der Waals surface area contributed by atoms with Crippen LogP contribution in [0.15, 0.2) is 40.9 Å². The molecule has 0 fully saturated rings. The van der Waals surface area contributed by atoms with Gasteiger partial charge in [0.15, 0.2) is 0 Å². The maximum atomic E-state index is 13.6. The Morgan fingerprint density at radius 1 is 1.28 bits per heavy atom. The molecular formula is C13H10BrFN2O. The van der Waals surface area contributed by atoms with Crippen LogP contribution in [0.25, 0.3) is 0 Å². The number of nitrogens with one attached hydrogen (secondary N) is 1. The maximum absolute atomic E-state index is 13.6. The van der Waals surface area contributed by atoms with Crippen LogP contribution in [-0.4, -0.2) is 10.9 Å². The van der Waals surface area contributed by atoms with Crippen molar-refractivity contribution >= 4 is 27.7 Å². The number of amides is 1.